The maximum Gasteiger partial charge on any atom is 0.191 e. The SMILES string of the molecule is CCc1noc(CC)c1CNC(=NC)NCC1CCCN(Cc2cccs2)C1. The van der Waals surface area contributed by atoms with Crippen LogP contribution >= 0.6 is 11.3 Å². The summed E-state index contributed by atoms with van der Waals surface area (Å²) >= 11 is 1.85. The van der Waals surface area contributed by atoms with Crippen LogP contribution < -0.4 is 10.6 Å². The van der Waals surface area contributed by atoms with E-state index >= 15 is 0 Å². The first-order valence-electron chi connectivity index (χ1n) is 10.4. The summed E-state index contributed by atoms with van der Waals surface area (Å²) in [6.45, 7) is 9.28. The van der Waals surface area contributed by atoms with Gasteiger partial charge in [0.05, 0.1) is 5.69 Å². The quantitative estimate of drug-likeness (QED) is 0.522. The Kier molecular flexibility index (Phi) is 7.91. The lowest BCUT2D eigenvalue weighted by molar-refractivity contribution is 0.169. The second-order valence-corrected chi connectivity index (χ2v) is 8.40. The van der Waals surface area contributed by atoms with E-state index in [1.165, 1.54) is 29.8 Å². The number of aromatic nitrogens is 1. The molecular formula is C21H33N5OS. The van der Waals surface area contributed by atoms with E-state index in [0.717, 1.165) is 49.9 Å². The maximum atomic E-state index is 5.46. The molecule has 2 N–H and O–H groups in total. The molecule has 0 amide bonds. The fraction of sp³-hybridized carbons (Fsp3) is 0.619. The third-order valence-electron chi connectivity index (χ3n) is 5.38. The monoisotopic (exact) mass is 403 g/mol. The van der Waals surface area contributed by atoms with Crippen molar-refractivity contribution in [1.82, 2.24) is 20.7 Å². The molecule has 2 aromatic heterocycles. The van der Waals surface area contributed by atoms with Crippen molar-refractivity contribution in [2.45, 2.75) is 52.6 Å². The number of rotatable bonds is 8. The number of aliphatic imine (C=N–C) groups is 1. The minimum absolute atomic E-state index is 0.653. The molecule has 3 rings (SSSR count). The Morgan fingerprint density at radius 2 is 2.25 bits per heavy atom. The Balaban J connectivity index is 1.47. The molecule has 1 saturated heterocycles. The first kappa shape index (κ1) is 20.9. The van der Waals surface area contributed by atoms with Crippen LogP contribution in [0, 0.1) is 5.92 Å². The zero-order valence-electron chi connectivity index (χ0n) is 17.3. The third-order valence-corrected chi connectivity index (χ3v) is 6.25. The van der Waals surface area contributed by atoms with Crippen molar-refractivity contribution < 1.29 is 4.52 Å². The predicted octanol–water partition coefficient (Wildman–Crippen LogP) is 3.44. The van der Waals surface area contributed by atoms with E-state index in [1.54, 1.807) is 0 Å². The Labute approximate surface area is 172 Å². The van der Waals surface area contributed by atoms with E-state index in [-0.39, 0.29) is 0 Å². The fourth-order valence-electron chi connectivity index (χ4n) is 3.86. The Morgan fingerprint density at radius 1 is 1.36 bits per heavy atom. The highest BCUT2D eigenvalue weighted by atomic mass is 32.1. The van der Waals surface area contributed by atoms with Gasteiger partial charge in [-0.05, 0) is 43.2 Å². The molecule has 1 atom stereocenters. The standard InChI is InChI=1S/C21H33N5OS/c1-4-19-18(20(5-2)27-25-19)13-24-21(22-3)23-12-16-8-6-10-26(14-16)15-17-9-7-11-28-17/h7,9,11,16H,4-6,8,10,12-15H2,1-3H3,(H2,22,23,24). The van der Waals surface area contributed by atoms with Gasteiger partial charge < -0.3 is 15.2 Å². The van der Waals surface area contributed by atoms with Crippen molar-refractivity contribution in [2.24, 2.45) is 10.9 Å². The summed E-state index contributed by atoms with van der Waals surface area (Å²) in [4.78, 5) is 8.43. The average molecular weight is 404 g/mol. The number of nitrogens with one attached hydrogen (secondary N) is 2. The summed E-state index contributed by atoms with van der Waals surface area (Å²) in [6, 6.07) is 4.38. The van der Waals surface area contributed by atoms with Crippen molar-refractivity contribution in [3.63, 3.8) is 0 Å². The summed E-state index contributed by atoms with van der Waals surface area (Å²) in [6.07, 6.45) is 4.29. The van der Waals surface area contributed by atoms with Crippen LogP contribution in [-0.4, -0.2) is 42.7 Å². The van der Waals surface area contributed by atoms with Gasteiger partial charge in [-0.25, -0.2) is 0 Å². The van der Waals surface area contributed by atoms with E-state index in [4.69, 9.17) is 4.52 Å². The van der Waals surface area contributed by atoms with Crippen molar-refractivity contribution >= 4 is 17.3 Å². The van der Waals surface area contributed by atoms with Crippen LogP contribution in [0.4, 0.5) is 0 Å². The summed E-state index contributed by atoms with van der Waals surface area (Å²) in [7, 11) is 1.83. The fourth-order valence-corrected chi connectivity index (χ4v) is 4.60. The maximum absolute atomic E-state index is 5.46. The molecule has 1 aliphatic heterocycles. The molecule has 1 unspecified atom stereocenters. The Bertz CT molecular complexity index is 719. The molecule has 28 heavy (non-hydrogen) atoms. The lowest BCUT2D eigenvalue weighted by Gasteiger charge is -2.32. The van der Waals surface area contributed by atoms with Crippen molar-refractivity contribution in [1.29, 1.82) is 0 Å². The molecule has 7 heteroatoms. The molecular weight excluding hydrogens is 370 g/mol. The molecule has 1 aliphatic rings. The largest absolute Gasteiger partial charge is 0.361 e. The molecule has 3 heterocycles. The lowest BCUT2D eigenvalue weighted by Crippen LogP contribution is -2.44. The van der Waals surface area contributed by atoms with Gasteiger partial charge >= 0.3 is 0 Å². The van der Waals surface area contributed by atoms with Crippen LogP contribution in [0.5, 0.6) is 0 Å². The smallest absolute Gasteiger partial charge is 0.191 e. The van der Waals surface area contributed by atoms with Gasteiger partial charge in [0, 0.05) is 50.1 Å². The van der Waals surface area contributed by atoms with Crippen LogP contribution in [0.15, 0.2) is 27.0 Å². The summed E-state index contributed by atoms with van der Waals surface area (Å²) in [5.74, 6) is 2.47. The molecule has 0 spiro atoms. The molecule has 154 valence electrons. The summed E-state index contributed by atoms with van der Waals surface area (Å²) in [5.41, 5.74) is 2.21. The van der Waals surface area contributed by atoms with Gasteiger partial charge in [0.2, 0.25) is 0 Å². The molecule has 0 saturated carbocycles. The third kappa shape index (κ3) is 5.58. The van der Waals surface area contributed by atoms with Crippen molar-refractivity contribution in [3.05, 3.63) is 39.4 Å². The minimum atomic E-state index is 0.653. The topological polar surface area (TPSA) is 65.7 Å². The number of aryl methyl sites for hydroxylation is 2. The van der Waals surface area contributed by atoms with E-state index in [2.05, 4.69) is 57.0 Å². The van der Waals surface area contributed by atoms with Crippen LogP contribution in [0.1, 0.15) is 48.6 Å². The van der Waals surface area contributed by atoms with Gasteiger partial charge in [-0.1, -0.05) is 25.1 Å². The normalized spacial score (nSPS) is 18.4. The predicted molar refractivity (Wildman–Crippen MR) is 116 cm³/mol. The molecule has 0 bridgehead atoms. The van der Waals surface area contributed by atoms with E-state index in [0.29, 0.717) is 12.5 Å². The highest BCUT2D eigenvalue weighted by molar-refractivity contribution is 7.09. The van der Waals surface area contributed by atoms with Crippen LogP contribution in [0.2, 0.25) is 0 Å². The number of hydrogen-bond donors (Lipinski definition) is 2. The minimum Gasteiger partial charge on any atom is -0.361 e. The van der Waals surface area contributed by atoms with Crippen LogP contribution in [0.3, 0.4) is 0 Å². The van der Waals surface area contributed by atoms with E-state index in [1.807, 2.05) is 18.4 Å². The molecule has 0 aromatic carbocycles. The molecule has 0 aliphatic carbocycles. The first-order valence-corrected chi connectivity index (χ1v) is 11.3. The van der Waals surface area contributed by atoms with Gasteiger partial charge in [-0.2, -0.15) is 0 Å². The zero-order valence-corrected chi connectivity index (χ0v) is 18.1. The number of thiophene rings is 1. The average Bonchev–Trinajstić information content (AvgIpc) is 3.37. The van der Waals surface area contributed by atoms with Gasteiger partial charge in [0.15, 0.2) is 5.96 Å². The van der Waals surface area contributed by atoms with Crippen LogP contribution in [0.25, 0.3) is 0 Å². The van der Waals surface area contributed by atoms with Gasteiger partial charge in [-0.3, -0.25) is 9.89 Å². The summed E-state index contributed by atoms with van der Waals surface area (Å²) in [5, 5.41) is 13.3. The molecule has 6 nitrogen and oxygen atoms in total. The van der Waals surface area contributed by atoms with Crippen molar-refractivity contribution in [2.75, 3.05) is 26.7 Å². The molecule has 2 aromatic rings. The Morgan fingerprint density at radius 3 is 2.96 bits per heavy atom. The highest BCUT2D eigenvalue weighted by Gasteiger charge is 2.20. The molecule has 0 radical (unpaired) electrons. The zero-order chi connectivity index (χ0) is 19.8. The number of hydrogen-bond acceptors (Lipinski definition) is 5. The van der Waals surface area contributed by atoms with Crippen LogP contribution in [-0.2, 0) is 25.9 Å². The number of nitrogens with zero attached hydrogens (tertiary/aromatic N) is 3. The first-order chi connectivity index (χ1) is 13.7. The van der Waals surface area contributed by atoms with Gasteiger partial charge in [0.25, 0.3) is 0 Å². The lowest BCUT2D eigenvalue weighted by atomic mass is 9.98. The second kappa shape index (κ2) is 10.6. The number of likely N-dealkylation sites (tertiary alicyclic amines) is 1. The van der Waals surface area contributed by atoms with E-state index < -0.39 is 0 Å². The van der Waals surface area contributed by atoms with Crippen molar-refractivity contribution in [3.8, 4) is 0 Å². The van der Waals surface area contributed by atoms with Gasteiger partial charge in [-0.15, -0.1) is 11.3 Å². The highest BCUT2D eigenvalue weighted by Crippen LogP contribution is 2.20. The van der Waals surface area contributed by atoms with E-state index in [9.17, 15) is 0 Å². The second-order valence-electron chi connectivity index (χ2n) is 7.37. The summed E-state index contributed by atoms with van der Waals surface area (Å²) < 4.78 is 5.46. The number of guanidine groups is 1. The number of piperidine rings is 1. The van der Waals surface area contributed by atoms with Gasteiger partial charge in [0.1, 0.15) is 5.76 Å². The Hall–Kier alpha value is -1.86. The molecule has 1 fully saturated rings.